The lowest BCUT2D eigenvalue weighted by Gasteiger charge is -1.95. The van der Waals surface area contributed by atoms with E-state index in [2.05, 4.69) is 10.2 Å². The van der Waals surface area contributed by atoms with Gasteiger partial charge in [0.1, 0.15) is 0 Å². The van der Waals surface area contributed by atoms with Gasteiger partial charge >= 0.3 is 5.97 Å². The number of aromatic nitrogens is 2. The van der Waals surface area contributed by atoms with Crippen molar-refractivity contribution >= 4 is 5.97 Å². The molecule has 1 aromatic heterocycles. The third-order valence-corrected chi connectivity index (χ3v) is 1.50. The van der Waals surface area contributed by atoms with Crippen molar-refractivity contribution in [3.63, 3.8) is 0 Å². The number of aliphatic hydroxyl groups is 1. The molecule has 0 fully saturated rings. The predicted octanol–water partition coefficient (Wildman–Crippen LogP) is 0.121. The van der Waals surface area contributed by atoms with Gasteiger partial charge in [0, 0.05) is 18.7 Å². The first kappa shape index (κ1) is 9.73. The summed E-state index contributed by atoms with van der Waals surface area (Å²) in [5.74, 6) is -0.442. The highest BCUT2D eigenvalue weighted by molar-refractivity contribution is 5.87. The zero-order valence-corrected chi connectivity index (χ0v) is 7.41. The monoisotopic (exact) mass is 184 g/mol. The summed E-state index contributed by atoms with van der Waals surface area (Å²) >= 11 is 0. The number of esters is 1. The Labute approximate surface area is 75.7 Å². The minimum absolute atomic E-state index is 0.0322. The molecule has 0 unspecified atom stereocenters. The van der Waals surface area contributed by atoms with Crippen molar-refractivity contribution in [3.05, 3.63) is 17.5 Å². The van der Waals surface area contributed by atoms with Crippen LogP contribution in [-0.2, 0) is 11.2 Å². The van der Waals surface area contributed by atoms with Crippen LogP contribution in [0, 0.1) is 0 Å². The molecule has 0 aromatic carbocycles. The molecule has 0 spiro atoms. The molecule has 0 atom stereocenters. The van der Waals surface area contributed by atoms with Crippen molar-refractivity contribution in [1.29, 1.82) is 0 Å². The van der Waals surface area contributed by atoms with Gasteiger partial charge in [0.2, 0.25) is 0 Å². The Kier molecular flexibility index (Phi) is 3.45. The molecule has 5 nitrogen and oxygen atoms in total. The second-order valence-electron chi connectivity index (χ2n) is 2.47. The van der Waals surface area contributed by atoms with Crippen molar-refractivity contribution in [1.82, 2.24) is 10.2 Å². The SMILES string of the molecule is CCOC(=O)c1cc(CCO)[nH]n1. The van der Waals surface area contributed by atoms with Crippen LogP contribution in [0.25, 0.3) is 0 Å². The number of carbonyl (C=O) groups excluding carboxylic acids is 1. The Morgan fingerprint density at radius 2 is 2.54 bits per heavy atom. The van der Waals surface area contributed by atoms with Gasteiger partial charge in [-0.3, -0.25) is 5.10 Å². The topological polar surface area (TPSA) is 75.2 Å². The maximum Gasteiger partial charge on any atom is 0.358 e. The van der Waals surface area contributed by atoms with E-state index in [9.17, 15) is 4.79 Å². The number of H-pyrrole nitrogens is 1. The summed E-state index contributed by atoms with van der Waals surface area (Å²) in [5.41, 5.74) is 0.982. The first-order chi connectivity index (χ1) is 6.27. The molecule has 13 heavy (non-hydrogen) atoms. The van der Waals surface area contributed by atoms with E-state index >= 15 is 0 Å². The quantitative estimate of drug-likeness (QED) is 0.652. The summed E-state index contributed by atoms with van der Waals surface area (Å²) in [6, 6.07) is 1.58. The molecule has 0 aliphatic heterocycles. The van der Waals surface area contributed by atoms with Crippen LogP contribution >= 0.6 is 0 Å². The minimum Gasteiger partial charge on any atom is -0.461 e. The van der Waals surface area contributed by atoms with Crippen LogP contribution in [0.2, 0.25) is 0 Å². The zero-order valence-electron chi connectivity index (χ0n) is 7.41. The highest BCUT2D eigenvalue weighted by Crippen LogP contribution is 2.01. The lowest BCUT2D eigenvalue weighted by molar-refractivity contribution is 0.0519. The number of aromatic amines is 1. The van der Waals surface area contributed by atoms with E-state index in [1.165, 1.54) is 0 Å². The zero-order chi connectivity index (χ0) is 9.68. The van der Waals surface area contributed by atoms with Crippen LogP contribution in [0.1, 0.15) is 23.1 Å². The number of nitrogens with one attached hydrogen (secondary N) is 1. The Morgan fingerprint density at radius 1 is 1.77 bits per heavy atom. The van der Waals surface area contributed by atoms with E-state index < -0.39 is 5.97 Å². The van der Waals surface area contributed by atoms with Crippen LogP contribution in [-0.4, -0.2) is 34.5 Å². The van der Waals surface area contributed by atoms with Crippen molar-refractivity contribution in [2.24, 2.45) is 0 Å². The van der Waals surface area contributed by atoms with Crippen LogP contribution < -0.4 is 0 Å². The number of nitrogens with zero attached hydrogens (tertiary/aromatic N) is 1. The Bertz CT molecular complexity index is 283. The van der Waals surface area contributed by atoms with Gasteiger partial charge in [-0.05, 0) is 13.0 Å². The highest BCUT2D eigenvalue weighted by atomic mass is 16.5. The van der Waals surface area contributed by atoms with E-state index in [4.69, 9.17) is 9.84 Å². The molecule has 0 bridgehead atoms. The molecular formula is C8H12N2O3. The summed E-state index contributed by atoms with van der Waals surface area (Å²) in [5, 5.41) is 15.0. The molecule has 72 valence electrons. The van der Waals surface area contributed by atoms with E-state index in [0.717, 1.165) is 5.69 Å². The number of rotatable bonds is 4. The van der Waals surface area contributed by atoms with Crippen molar-refractivity contribution < 1.29 is 14.6 Å². The highest BCUT2D eigenvalue weighted by Gasteiger charge is 2.10. The van der Waals surface area contributed by atoms with Gasteiger partial charge in [0.05, 0.1) is 6.61 Å². The van der Waals surface area contributed by atoms with Crippen LogP contribution in [0.3, 0.4) is 0 Å². The van der Waals surface area contributed by atoms with Crippen molar-refractivity contribution in [2.75, 3.05) is 13.2 Å². The minimum atomic E-state index is -0.442. The normalized spacial score (nSPS) is 10.0. The first-order valence-corrected chi connectivity index (χ1v) is 4.10. The molecule has 0 saturated carbocycles. The number of hydrogen-bond donors (Lipinski definition) is 2. The van der Waals surface area contributed by atoms with Gasteiger partial charge in [0.15, 0.2) is 5.69 Å². The van der Waals surface area contributed by atoms with E-state index in [1.807, 2.05) is 0 Å². The van der Waals surface area contributed by atoms with Crippen LogP contribution in [0.15, 0.2) is 6.07 Å². The third kappa shape index (κ3) is 2.55. The van der Waals surface area contributed by atoms with Gasteiger partial charge in [-0.25, -0.2) is 4.79 Å². The predicted molar refractivity (Wildman–Crippen MR) is 45.3 cm³/mol. The van der Waals surface area contributed by atoms with E-state index in [1.54, 1.807) is 13.0 Å². The van der Waals surface area contributed by atoms with Crippen molar-refractivity contribution in [3.8, 4) is 0 Å². The molecule has 0 aliphatic carbocycles. The van der Waals surface area contributed by atoms with Gasteiger partial charge in [-0.2, -0.15) is 5.10 Å². The van der Waals surface area contributed by atoms with Crippen LogP contribution in [0.4, 0.5) is 0 Å². The number of aliphatic hydroxyl groups excluding tert-OH is 1. The first-order valence-electron chi connectivity index (χ1n) is 4.10. The second-order valence-corrected chi connectivity index (χ2v) is 2.47. The number of hydrogen-bond acceptors (Lipinski definition) is 4. The lowest BCUT2D eigenvalue weighted by atomic mass is 10.3. The Balaban J connectivity index is 2.62. The largest absolute Gasteiger partial charge is 0.461 e. The molecule has 0 aliphatic rings. The fourth-order valence-electron chi connectivity index (χ4n) is 0.920. The van der Waals surface area contributed by atoms with E-state index in [0.29, 0.717) is 13.0 Å². The van der Waals surface area contributed by atoms with Crippen LogP contribution in [0.5, 0.6) is 0 Å². The molecule has 0 amide bonds. The van der Waals surface area contributed by atoms with Crippen molar-refractivity contribution in [2.45, 2.75) is 13.3 Å². The van der Waals surface area contributed by atoms with Gasteiger partial charge < -0.3 is 9.84 Å². The van der Waals surface area contributed by atoms with Gasteiger partial charge in [-0.15, -0.1) is 0 Å². The molecule has 1 aromatic rings. The third-order valence-electron chi connectivity index (χ3n) is 1.50. The summed E-state index contributed by atoms with van der Waals surface area (Å²) in [4.78, 5) is 11.1. The lowest BCUT2D eigenvalue weighted by Crippen LogP contribution is -2.04. The molecule has 0 radical (unpaired) electrons. The van der Waals surface area contributed by atoms with E-state index in [-0.39, 0.29) is 12.3 Å². The summed E-state index contributed by atoms with van der Waals surface area (Å²) in [7, 11) is 0. The Hall–Kier alpha value is -1.36. The Morgan fingerprint density at radius 3 is 3.15 bits per heavy atom. The van der Waals surface area contributed by atoms with Gasteiger partial charge in [0.25, 0.3) is 0 Å². The molecule has 2 N–H and O–H groups in total. The van der Waals surface area contributed by atoms with Gasteiger partial charge in [-0.1, -0.05) is 0 Å². The fourth-order valence-corrected chi connectivity index (χ4v) is 0.920. The maximum absolute atomic E-state index is 11.1. The molecular weight excluding hydrogens is 172 g/mol. The smallest absolute Gasteiger partial charge is 0.358 e. The molecule has 5 heteroatoms. The second kappa shape index (κ2) is 4.61. The standard InChI is InChI=1S/C8H12N2O3/c1-2-13-8(12)7-5-6(3-4-11)9-10-7/h5,11H,2-4H2,1H3,(H,9,10). The number of carbonyl (C=O) groups is 1. The average molecular weight is 184 g/mol. The number of ether oxygens (including phenoxy) is 1. The maximum atomic E-state index is 11.1. The average Bonchev–Trinajstić information content (AvgIpc) is 2.54. The summed E-state index contributed by atoms with van der Waals surface area (Å²) in [6.45, 7) is 2.10. The fraction of sp³-hybridized carbons (Fsp3) is 0.500. The molecule has 1 rings (SSSR count). The summed E-state index contributed by atoms with van der Waals surface area (Å²) < 4.78 is 4.74. The molecule has 0 saturated heterocycles. The summed E-state index contributed by atoms with van der Waals surface area (Å²) in [6.07, 6.45) is 0.465. The molecule has 1 heterocycles.